The van der Waals surface area contributed by atoms with Gasteiger partial charge in [-0.1, -0.05) is 43.0 Å². The molecule has 166 valence electrons. The van der Waals surface area contributed by atoms with Crippen LogP contribution in [0, 0.1) is 0 Å². The van der Waals surface area contributed by atoms with Gasteiger partial charge in [-0.15, -0.1) is 0 Å². The molecule has 1 unspecified atom stereocenters. The fraction of sp³-hybridized carbons (Fsp3) is 0.364. The van der Waals surface area contributed by atoms with Crippen LogP contribution in [-0.2, 0) is 9.59 Å². The highest BCUT2D eigenvalue weighted by atomic mass is 35.5. The predicted molar refractivity (Wildman–Crippen MR) is 117 cm³/mol. The summed E-state index contributed by atoms with van der Waals surface area (Å²) in [5.41, 5.74) is -0.0477. The SMILES string of the molecule is CCCCCN1C(=O)C(=O)/C(=C(\O)c2cc(Cl)c(OC)c(Cl)c2OC)C1c1ccco1. The molecule has 1 aliphatic heterocycles. The van der Waals surface area contributed by atoms with Gasteiger partial charge < -0.3 is 23.9 Å². The number of methoxy groups -OCH3 is 2. The van der Waals surface area contributed by atoms with Crippen LogP contribution in [0.5, 0.6) is 11.5 Å². The van der Waals surface area contributed by atoms with Gasteiger partial charge in [0.1, 0.15) is 22.6 Å². The van der Waals surface area contributed by atoms with Crippen molar-refractivity contribution in [2.24, 2.45) is 0 Å². The Bertz CT molecular complexity index is 1020. The van der Waals surface area contributed by atoms with Gasteiger partial charge in [-0.05, 0) is 24.6 Å². The zero-order chi connectivity index (χ0) is 22.7. The number of halogens is 2. The topological polar surface area (TPSA) is 89.2 Å². The third kappa shape index (κ3) is 4.12. The van der Waals surface area contributed by atoms with Gasteiger partial charge in [-0.3, -0.25) is 9.59 Å². The number of Topliss-reactive ketones (excluding diaryl/α,β-unsaturated/α-hetero) is 1. The van der Waals surface area contributed by atoms with Gasteiger partial charge in [0.15, 0.2) is 11.5 Å². The Balaban J connectivity index is 2.20. The molecule has 7 nitrogen and oxygen atoms in total. The van der Waals surface area contributed by atoms with E-state index in [1.807, 2.05) is 6.92 Å². The van der Waals surface area contributed by atoms with E-state index in [9.17, 15) is 14.7 Å². The molecule has 1 fully saturated rings. The Hall–Kier alpha value is -2.64. The standard InChI is InChI=1S/C22H23Cl2NO6/c1-4-5-6-9-25-17(14-8-7-10-31-14)15(19(27)22(25)28)18(26)12-11-13(23)21(30-3)16(24)20(12)29-2/h7-8,10-11,17,26H,4-6,9H2,1-3H3/b18-15-. The minimum absolute atomic E-state index is 0.0331. The normalized spacial score (nSPS) is 18.0. The number of rotatable bonds is 8. The lowest BCUT2D eigenvalue weighted by Crippen LogP contribution is -2.30. The van der Waals surface area contributed by atoms with E-state index in [1.54, 1.807) is 12.1 Å². The van der Waals surface area contributed by atoms with Crippen molar-refractivity contribution in [3.63, 3.8) is 0 Å². The zero-order valence-corrected chi connectivity index (χ0v) is 18.9. The summed E-state index contributed by atoms with van der Waals surface area (Å²) < 4.78 is 16.0. The van der Waals surface area contributed by atoms with Gasteiger partial charge in [-0.2, -0.15) is 0 Å². The van der Waals surface area contributed by atoms with Crippen molar-refractivity contribution in [3.8, 4) is 11.5 Å². The Labute approximate surface area is 190 Å². The molecule has 31 heavy (non-hydrogen) atoms. The van der Waals surface area contributed by atoms with Crippen LogP contribution in [0.4, 0.5) is 0 Å². The number of furan rings is 1. The first-order valence-electron chi connectivity index (χ1n) is 9.79. The molecule has 1 aromatic carbocycles. The number of unbranched alkanes of at least 4 members (excludes halogenated alkanes) is 2. The van der Waals surface area contributed by atoms with Gasteiger partial charge in [0.25, 0.3) is 11.7 Å². The third-order valence-corrected chi connectivity index (χ3v) is 5.77. The maximum absolute atomic E-state index is 13.0. The minimum Gasteiger partial charge on any atom is -0.507 e. The van der Waals surface area contributed by atoms with Crippen LogP contribution in [0.3, 0.4) is 0 Å². The van der Waals surface area contributed by atoms with E-state index in [0.29, 0.717) is 18.7 Å². The van der Waals surface area contributed by atoms with E-state index < -0.39 is 23.5 Å². The molecule has 3 rings (SSSR count). The number of aliphatic hydroxyl groups is 1. The number of benzene rings is 1. The second-order valence-corrected chi connectivity index (χ2v) is 7.79. The molecule has 0 bridgehead atoms. The molecular weight excluding hydrogens is 445 g/mol. The fourth-order valence-corrected chi connectivity index (χ4v) is 4.36. The maximum Gasteiger partial charge on any atom is 0.295 e. The van der Waals surface area contributed by atoms with Crippen molar-refractivity contribution in [2.45, 2.75) is 32.2 Å². The van der Waals surface area contributed by atoms with Gasteiger partial charge in [0.2, 0.25) is 0 Å². The molecule has 0 radical (unpaired) electrons. The maximum atomic E-state index is 13.0. The van der Waals surface area contributed by atoms with E-state index >= 15 is 0 Å². The largest absolute Gasteiger partial charge is 0.507 e. The fourth-order valence-electron chi connectivity index (χ4n) is 3.68. The highest BCUT2D eigenvalue weighted by molar-refractivity contribution is 6.47. The van der Waals surface area contributed by atoms with Gasteiger partial charge in [-0.25, -0.2) is 0 Å². The van der Waals surface area contributed by atoms with Crippen LogP contribution in [-0.4, -0.2) is 42.5 Å². The lowest BCUT2D eigenvalue weighted by atomic mass is 9.98. The van der Waals surface area contributed by atoms with E-state index in [4.69, 9.17) is 37.1 Å². The summed E-state index contributed by atoms with van der Waals surface area (Å²) in [7, 11) is 2.75. The molecule has 0 spiro atoms. The molecular formula is C22H23Cl2NO6. The molecule has 9 heteroatoms. The zero-order valence-electron chi connectivity index (χ0n) is 17.4. The van der Waals surface area contributed by atoms with E-state index in [1.165, 1.54) is 31.4 Å². The van der Waals surface area contributed by atoms with Crippen molar-refractivity contribution >= 4 is 40.7 Å². The van der Waals surface area contributed by atoms with Crippen molar-refractivity contribution in [3.05, 3.63) is 51.4 Å². The van der Waals surface area contributed by atoms with Gasteiger partial charge in [0.05, 0.1) is 36.6 Å². The number of hydrogen-bond donors (Lipinski definition) is 1. The molecule has 1 saturated heterocycles. The predicted octanol–water partition coefficient (Wildman–Crippen LogP) is 5.22. The molecule has 0 saturated carbocycles. The Kier molecular flexibility index (Phi) is 7.18. The molecule has 1 aromatic heterocycles. The monoisotopic (exact) mass is 467 g/mol. The summed E-state index contributed by atoms with van der Waals surface area (Å²) in [5, 5.41) is 11.3. The highest BCUT2D eigenvalue weighted by Gasteiger charge is 2.47. The van der Waals surface area contributed by atoms with Crippen LogP contribution in [0.1, 0.15) is 43.6 Å². The van der Waals surface area contributed by atoms with Crippen LogP contribution < -0.4 is 9.47 Å². The molecule has 1 N–H and O–H groups in total. The summed E-state index contributed by atoms with van der Waals surface area (Å²) >= 11 is 12.6. The number of likely N-dealkylation sites (tertiary alicyclic amines) is 1. The number of carbonyl (C=O) groups excluding carboxylic acids is 2. The van der Waals surface area contributed by atoms with Crippen molar-refractivity contribution in [1.29, 1.82) is 0 Å². The average Bonchev–Trinajstić information content (AvgIpc) is 3.36. The molecule has 1 amide bonds. The number of hydrogen-bond acceptors (Lipinski definition) is 6. The summed E-state index contributed by atoms with van der Waals surface area (Å²) in [6.45, 7) is 2.39. The lowest BCUT2D eigenvalue weighted by molar-refractivity contribution is -0.140. The number of ether oxygens (including phenoxy) is 2. The van der Waals surface area contributed by atoms with E-state index in [-0.39, 0.29) is 32.7 Å². The summed E-state index contributed by atoms with van der Waals surface area (Å²) in [5.74, 6) is -1.39. The number of carbonyl (C=O) groups is 2. The van der Waals surface area contributed by atoms with Crippen LogP contribution in [0.2, 0.25) is 10.0 Å². The molecule has 2 aromatic rings. The Morgan fingerprint density at radius 1 is 1.19 bits per heavy atom. The Morgan fingerprint density at radius 3 is 2.48 bits per heavy atom. The summed E-state index contributed by atoms with van der Waals surface area (Å²) in [6.07, 6.45) is 4.01. The first-order valence-corrected chi connectivity index (χ1v) is 10.5. The number of aliphatic hydroxyl groups excluding tert-OH is 1. The van der Waals surface area contributed by atoms with Crippen LogP contribution in [0.25, 0.3) is 5.76 Å². The second-order valence-electron chi connectivity index (χ2n) is 7.00. The van der Waals surface area contributed by atoms with E-state index in [0.717, 1.165) is 12.8 Å². The van der Waals surface area contributed by atoms with Crippen molar-refractivity contribution < 1.29 is 28.6 Å². The first kappa shape index (κ1) is 23.0. The number of amides is 1. The lowest BCUT2D eigenvalue weighted by Gasteiger charge is -2.23. The van der Waals surface area contributed by atoms with Crippen molar-refractivity contribution in [1.82, 2.24) is 4.90 Å². The molecule has 2 heterocycles. The summed E-state index contributed by atoms with van der Waals surface area (Å²) in [6, 6.07) is 3.81. The highest BCUT2D eigenvalue weighted by Crippen LogP contribution is 2.47. The average molecular weight is 468 g/mol. The first-order chi connectivity index (χ1) is 14.9. The van der Waals surface area contributed by atoms with Crippen molar-refractivity contribution in [2.75, 3.05) is 20.8 Å². The smallest absolute Gasteiger partial charge is 0.295 e. The second kappa shape index (κ2) is 9.66. The summed E-state index contributed by atoms with van der Waals surface area (Å²) in [4.78, 5) is 27.2. The third-order valence-electron chi connectivity index (χ3n) is 5.15. The van der Waals surface area contributed by atoms with Crippen LogP contribution in [0.15, 0.2) is 34.5 Å². The van der Waals surface area contributed by atoms with Gasteiger partial charge in [0, 0.05) is 6.54 Å². The minimum atomic E-state index is -0.879. The quantitative estimate of drug-likeness (QED) is 0.248. The van der Waals surface area contributed by atoms with Crippen LogP contribution >= 0.6 is 23.2 Å². The molecule has 0 aliphatic carbocycles. The molecule has 1 aliphatic rings. The van der Waals surface area contributed by atoms with Gasteiger partial charge >= 0.3 is 0 Å². The molecule has 1 atom stereocenters. The Morgan fingerprint density at radius 2 is 1.90 bits per heavy atom. The number of ketones is 1. The van der Waals surface area contributed by atoms with E-state index in [2.05, 4.69) is 0 Å². The number of nitrogens with zero attached hydrogens (tertiary/aromatic N) is 1.